The van der Waals surface area contributed by atoms with Gasteiger partial charge < -0.3 is 23.5 Å². The SMILES string of the molecule is CCOC(=O)C1=C(C)N=c2s/c(=C\c3ccc(N(C)C)o3)c(=O)n2[C@H]1c1ccc2c(c1)OCO2. The van der Waals surface area contributed by atoms with Crippen LogP contribution >= 0.6 is 11.3 Å². The quantitative estimate of drug-likeness (QED) is 0.516. The van der Waals surface area contributed by atoms with Crippen LogP contribution in [0.5, 0.6) is 11.5 Å². The normalized spacial score (nSPS) is 16.9. The molecule has 9 nitrogen and oxygen atoms in total. The second-order valence-electron chi connectivity index (χ2n) is 7.99. The van der Waals surface area contributed by atoms with Gasteiger partial charge in [0.05, 0.1) is 28.5 Å². The number of hydrogen-bond donors (Lipinski definition) is 0. The molecule has 2 aliphatic heterocycles. The highest BCUT2D eigenvalue weighted by Crippen LogP contribution is 2.38. The molecule has 0 N–H and O–H groups in total. The fraction of sp³-hybridized carbons (Fsp3) is 0.292. The Labute approximate surface area is 198 Å². The molecule has 2 aliphatic rings. The standard InChI is InChI=1S/C24H23N3O6S/c1-5-30-23(29)20-13(2)25-24-27(21(20)14-6-8-16-17(10-14)32-12-31-16)22(28)18(34-24)11-15-7-9-19(33-15)26(3)4/h6-11,21H,5,12H2,1-4H3/b18-11-/t21-/m0/s1. The summed E-state index contributed by atoms with van der Waals surface area (Å²) in [6.07, 6.45) is 1.69. The van der Waals surface area contributed by atoms with Crippen LogP contribution in [-0.2, 0) is 9.53 Å². The van der Waals surface area contributed by atoms with E-state index in [0.29, 0.717) is 49.3 Å². The van der Waals surface area contributed by atoms with Crippen LogP contribution in [0.15, 0.2) is 55.8 Å². The number of ether oxygens (including phenoxy) is 3. The van der Waals surface area contributed by atoms with Gasteiger partial charge in [-0.3, -0.25) is 9.36 Å². The van der Waals surface area contributed by atoms with Crippen molar-refractivity contribution in [2.75, 3.05) is 32.4 Å². The molecule has 10 heteroatoms. The van der Waals surface area contributed by atoms with Gasteiger partial charge in [0.2, 0.25) is 6.79 Å². The molecule has 0 radical (unpaired) electrons. The third-order valence-electron chi connectivity index (χ3n) is 5.56. The first-order valence-electron chi connectivity index (χ1n) is 10.7. The lowest BCUT2D eigenvalue weighted by molar-refractivity contribution is -0.139. The number of aromatic nitrogens is 1. The maximum absolute atomic E-state index is 13.6. The molecule has 2 aromatic heterocycles. The minimum Gasteiger partial charge on any atom is -0.463 e. The number of carbonyl (C=O) groups excluding carboxylic acids is 1. The second kappa shape index (κ2) is 8.53. The van der Waals surface area contributed by atoms with Gasteiger partial charge in [-0.2, -0.15) is 0 Å². The van der Waals surface area contributed by atoms with E-state index in [1.54, 1.807) is 38.1 Å². The molecule has 3 aromatic rings. The molecule has 4 heterocycles. The summed E-state index contributed by atoms with van der Waals surface area (Å²) in [6, 6.07) is 8.30. The van der Waals surface area contributed by atoms with Gasteiger partial charge in [0.1, 0.15) is 5.76 Å². The fourth-order valence-electron chi connectivity index (χ4n) is 3.98. The van der Waals surface area contributed by atoms with Crippen LogP contribution in [0.25, 0.3) is 6.08 Å². The first-order chi connectivity index (χ1) is 16.4. The largest absolute Gasteiger partial charge is 0.463 e. The number of allylic oxidation sites excluding steroid dienone is 1. The van der Waals surface area contributed by atoms with Crippen molar-refractivity contribution in [1.82, 2.24) is 4.57 Å². The first-order valence-corrected chi connectivity index (χ1v) is 11.6. The molecule has 0 unspecified atom stereocenters. The molecule has 0 spiro atoms. The van der Waals surface area contributed by atoms with Crippen molar-refractivity contribution in [2.24, 2.45) is 4.99 Å². The summed E-state index contributed by atoms with van der Waals surface area (Å²) < 4.78 is 24.1. The Balaban J connectivity index is 1.70. The summed E-state index contributed by atoms with van der Waals surface area (Å²) in [7, 11) is 3.75. The van der Waals surface area contributed by atoms with E-state index in [0.717, 1.165) is 0 Å². The number of carbonyl (C=O) groups is 1. The Hall–Kier alpha value is -3.79. The summed E-state index contributed by atoms with van der Waals surface area (Å²) in [4.78, 5) is 33.5. The summed E-state index contributed by atoms with van der Waals surface area (Å²) in [5.74, 6) is 1.89. The molecule has 0 saturated heterocycles. The molecule has 0 bridgehead atoms. The number of nitrogens with zero attached hydrogens (tertiary/aromatic N) is 3. The van der Waals surface area contributed by atoms with Crippen molar-refractivity contribution in [3.63, 3.8) is 0 Å². The highest BCUT2D eigenvalue weighted by atomic mass is 32.1. The van der Waals surface area contributed by atoms with E-state index < -0.39 is 12.0 Å². The highest BCUT2D eigenvalue weighted by molar-refractivity contribution is 7.07. The van der Waals surface area contributed by atoms with Gasteiger partial charge in [0, 0.05) is 26.2 Å². The van der Waals surface area contributed by atoms with Gasteiger partial charge in [-0.15, -0.1) is 0 Å². The van der Waals surface area contributed by atoms with E-state index in [-0.39, 0.29) is 19.0 Å². The smallest absolute Gasteiger partial charge is 0.338 e. The summed E-state index contributed by atoms with van der Waals surface area (Å²) in [5, 5.41) is 0. The van der Waals surface area contributed by atoms with Gasteiger partial charge >= 0.3 is 5.97 Å². The van der Waals surface area contributed by atoms with E-state index in [1.165, 1.54) is 15.9 Å². The summed E-state index contributed by atoms with van der Waals surface area (Å²) >= 11 is 1.24. The van der Waals surface area contributed by atoms with Crippen LogP contribution in [0, 0.1) is 0 Å². The molecule has 1 atom stereocenters. The predicted octanol–water partition coefficient (Wildman–Crippen LogP) is 2.19. The molecular weight excluding hydrogens is 458 g/mol. The predicted molar refractivity (Wildman–Crippen MR) is 126 cm³/mol. The second-order valence-corrected chi connectivity index (χ2v) is 8.99. The molecule has 0 saturated carbocycles. The number of benzene rings is 1. The zero-order chi connectivity index (χ0) is 24.0. The Bertz CT molecular complexity index is 1490. The topological polar surface area (TPSA) is 95.5 Å². The van der Waals surface area contributed by atoms with Crippen molar-refractivity contribution in [3.05, 3.63) is 72.6 Å². The Morgan fingerprint density at radius 3 is 2.79 bits per heavy atom. The maximum Gasteiger partial charge on any atom is 0.338 e. The molecule has 34 heavy (non-hydrogen) atoms. The minimum absolute atomic E-state index is 0.124. The van der Waals surface area contributed by atoms with E-state index in [4.69, 9.17) is 18.6 Å². The number of thiazole rings is 1. The Kier molecular flexibility index (Phi) is 5.52. The zero-order valence-electron chi connectivity index (χ0n) is 19.2. The van der Waals surface area contributed by atoms with Crippen LogP contribution in [0.2, 0.25) is 0 Å². The van der Waals surface area contributed by atoms with Crippen LogP contribution in [0.3, 0.4) is 0 Å². The molecule has 0 amide bonds. The van der Waals surface area contributed by atoms with Gasteiger partial charge in [-0.25, -0.2) is 9.79 Å². The van der Waals surface area contributed by atoms with Gasteiger partial charge in [-0.05, 0) is 37.6 Å². The van der Waals surface area contributed by atoms with E-state index in [1.807, 2.05) is 31.1 Å². The molecular formula is C24H23N3O6S. The lowest BCUT2D eigenvalue weighted by Gasteiger charge is -2.24. The number of hydrogen-bond acceptors (Lipinski definition) is 9. The average Bonchev–Trinajstić information content (AvgIpc) is 3.52. The average molecular weight is 482 g/mol. The number of esters is 1. The third-order valence-corrected chi connectivity index (χ3v) is 6.54. The van der Waals surface area contributed by atoms with Crippen molar-refractivity contribution in [3.8, 4) is 11.5 Å². The van der Waals surface area contributed by atoms with Crippen LogP contribution in [-0.4, -0.2) is 38.0 Å². The maximum atomic E-state index is 13.6. The molecule has 0 fully saturated rings. The third kappa shape index (κ3) is 3.69. The van der Waals surface area contributed by atoms with Gasteiger partial charge in [-0.1, -0.05) is 17.4 Å². The van der Waals surface area contributed by atoms with Crippen molar-refractivity contribution >= 4 is 29.3 Å². The molecule has 1 aromatic carbocycles. The Morgan fingerprint density at radius 2 is 2.06 bits per heavy atom. The zero-order valence-corrected chi connectivity index (χ0v) is 20.0. The lowest BCUT2D eigenvalue weighted by Crippen LogP contribution is -2.39. The van der Waals surface area contributed by atoms with Crippen LogP contribution < -0.4 is 29.3 Å². The summed E-state index contributed by atoms with van der Waals surface area (Å²) in [6.45, 7) is 3.82. The first kappa shape index (κ1) is 22.0. The number of fused-ring (bicyclic) bond motifs is 2. The van der Waals surface area contributed by atoms with Crippen LogP contribution in [0.1, 0.15) is 31.2 Å². The van der Waals surface area contributed by atoms with Crippen molar-refractivity contribution < 1.29 is 23.4 Å². The minimum atomic E-state index is -0.721. The van der Waals surface area contributed by atoms with Crippen LogP contribution in [0.4, 0.5) is 5.88 Å². The Morgan fingerprint density at radius 1 is 1.26 bits per heavy atom. The van der Waals surface area contributed by atoms with Crippen molar-refractivity contribution in [2.45, 2.75) is 19.9 Å². The van der Waals surface area contributed by atoms with E-state index in [2.05, 4.69) is 4.99 Å². The molecule has 0 aliphatic carbocycles. The fourth-order valence-corrected chi connectivity index (χ4v) is 5.01. The monoisotopic (exact) mass is 481 g/mol. The number of furan rings is 1. The van der Waals surface area contributed by atoms with Gasteiger partial charge in [0.15, 0.2) is 22.2 Å². The van der Waals surface area contributed by atoms with Crippen molar-refractivity contribution in [1.29, 1.82) is 0 Å². The number of rotatable bonds is 5. The van der Waals surface area contributed by atoms with E-state index >= 15 is 0 Å². The molecule has 5 rings (SSSR count). The van der Waals surface area contributed by atoms with Gasteiger partial charge in [0.25, 0.3) is 5.56 Å². The summed E-state index contributed by atoms with van der Waals surface area (Å²) in [5.41, 5.74) is 1.24. The molecule has 176 valence electrons. The lowest BCUT2D eigenvalue weighted by atomic mass is 9.95. The van der Waals surface area contributed by atoms with E-state index in [9.17, 15) is 9.59 Å². The number of anilines is 1. The highest BCUT2D eigenvalue weighted by Gasteiger charge is 2.34.